The molecule has 0 aromatic heterocycles. The molecule has 0 spiro atoms. The average Bonchev–Trinajstić information content (AvgIpc) is 2.39. The van der Waals surface area contributed by atoms with Crippen LogP contribution in [0.15, 0.2) is 48.2 Å². The zero-order valence-electron chi connectivity index (χ0n) is 12.2. The van der Waals surface area contributed by atoms with Crippen molar-refractivity contribution in [2.45, 2.75) is 25.7 Å². The Morgan fingerprint density at radius 1 is 1.32 bits per heavy atom. The fraction of sp³-hybridized carbons (Fsp3) is 0.412. The van der Waals surface area contributed by atoms with E-state index in [2.05, 4.69) is 57.1 Å². The Bertz CT molecular complexity index is 516. The van der Waals surface area contributed by atoms with Crippen molar-refractivity contribution in [2.75, 3.05) is 14.1 Å². The number of nitrogens with zero attached hydrogens (tertiary/aromatic N) is 1. The lowest BCUT2D eigenvalue weighted by Gasteiger charge is -2.42. The standard InChI is InChI=1S/C17H23NO/c1-5-17(14-8-6-9-15(19)12-14)11-7-10-16(13(17)2)18(3)4/h6-13,19H,5H2,1-4H3/t13-,17+/m0/s1. The van der Waals surface area contributed by atoms with Crippen LogP contribution in [0.25, 0.3) is 0 Å². The summed E-state index contributed by atoms with van der Waals surface area (Å²) >= 11 is 0. The Morgan fingerprint density at radius 2 is 2.05 bits per heavy atom. The fourth-order valence-electron chi connectivity index (χ4n) is 3.18. The van der Waals surface area contributed by atoms with Gasteiger partial charge in [-0.1, -0.05) is 38.1 Å². The van der Waals surface area contributed by atoms with Crippen LogP contribution in [0.4, 0.5) is 0 Å². The lowest BCUT2D eigenvalue weighted by Crippen LogP contribution is -2.37. The van der Waals surface area contributed by atoms with Crippen molar-refractivity contribution in [1.29, 1.82) is 0 Å². The summed E-state index contributed by atoms with van der Waals surface area (Å²) in [4.78, 5) is 2.18. The van der Waals surface area contributed by atoms with E-state index in [1.165, 1.54) is 11.3 Å². The third-order valence-corrected chi connectivity index (χ3v) is 4.36. The first kappa shape index (κ1) is 13.7. The number of rotatable bonds is 3. The highest BCUT2D eigenvalue weighted by atomic mass is 16.3. The Kier molecular flexibility index (Phi) is 3.70. The Labute approximate surface area is 116 Å². The number of allylic oxidation sites excluding steroid dienone is 4. The monoisotopic (exact) mass is 257 g/mol. The van der Waals surface area contributed by atoms with Gasteiger partial charge in [-0.2, -0.15) is 0 Å². The summed E-state index contributed by atoms with van der Waals surface area (Å²) < 4.78 is 0. The lowest BCUT2D eigenvalue weighted by molar-refractivity contribution is 0.315. The van der Waals surface area contributed by atoms with Gasteiger partial charge in [0, 0.05) is 31.1 Å². The second-order valence-electron chi connectivity index (χ2n) is 5.51. The second kappa shape index (κ2) is 5.12. The van der Waals surface area contributed by atoms with Crippen molar-refractivity contribution in [3.63, 3.8) is 0 Å². The summed E-state index contributed by atoms with van der Waals surface area (Å²) in [6.45, 7) is 4.48. The molecule has 1 N–H and O–H groups in total. The van der Waals surface area contributed by atoms with Gasteiger partial charge in [0.15, 0.2) is 0 Å². The van der Waals surface area contributed by atoms with E-state index in [1.54, 1.807) is 6.07 Å². The quantitative estimate of drug-likeness (QED) is 0.892. The fourth-order valence-corrected chi connectivity index (χ4v) is 3.18. The molecule has 19 heavy (non-hydrogen) atoms. The van der Waals surface area contributed by atoms with E-state index in [0.717, 1.165) is 6.42 Å². The van der Waals surface area contributed by atoms with Gasteiger partial charge in [-0.15, -0.1) is 0 Å². The van der Waals surface area contributed by atoms with Crippen LogP contribution in [0.2, 0.25) is 0 Å². The van der Waals surface area contributed by atoms with Crippen molar-refractivity contribution in [3.8, 4) is 5.75 Å². The molecule has 1 aromatic rings. The minimum absolute atomic E-state index is 0.0346. The first-order valence-corrected chi connectivity index (χ1v) is 6.87. The van der Waals surface area contributed by atoms with Crippen LogP contribution in [0, 0.1) is 5.92 Å². The van der Waals surface area contributed by atoms with Crippen LogP contribution in [-0.2, 0) is 5.41 Å². The minimum atomic E-state index is -0.0346. The van der Waals surface area contributed by atoms with Crippen LogP contribution in [-0.4, -0.2) is 24.1 Å². The van der Waals surface area contributed by atoms with E-state index >= 15 is 0 Å². The van der Waals surface area contributed by atoms with Crippen LogP contribution >= 0.6 is 0 Å². The van der Waals surface area contributed by atoms with Crippen LogP contribution in [0.5, 0.6) is 5.75 Å². The number of phenolic OH excluding ortho intramolecular Hbond substituents is 1. The Hall–Kier alpha value is -1.70. The van der Waals surface area contributed by atoms with E-state index in [-0.39, 0.29) is 5.41 Å². The third kappa shape index (κ3) is 2.27. The molecule has 0 saturated heterocycles. The minimum Gasteiger partial charge on any atom is -0.508 e. The zero-order chi connectivity index (χ0) is 14.0. The molecule has 1 aromatic carbocycles. The summed E-state index contributed by atoms with van der Waals surface area (Å²) in [6.07, 6.45) is 7.61. The zero-order valence-corrected chi connectivity index (χ0v) is 12.2. The molecule has 2 rings (SSSR count). The highest BCUT2D eigenvalue weighted by Gasteiger charge is 2.38. The van der Waals surface area contributed by atoms with Crippen LogP contribution in [0.1, 0.15) is 25.8 Å². The molecule has 0 fully saturated rings. The molecule has 1 aliphatic carbocycles. The van der Waals surface area contributed by atoms with E-state index in [4.69, 9.17) is 0 Å². The van der Waals surface area contributed by atoms with Gasteiger partial charge in [-0.05, 0) is 30.2 Å². The number of hydrogen-bond acceptors (Lipinski definition) is 2. The third-order valence-electron chi connectivity index (χ3n) is 4.36. The normalized spacial score (nSPS) is 26.1. The van der Waals surface area contributed by atoms with E-state index in [0.29, 0.717) is 11.7 Å². The van der Waals surface area contributed by atoms with Gasteiger partial charge in [0.2, 0.25) is 0 Å². The van der Waals surface area contributed by atoms with Crippen LogP contribution < -0.4 is 0 Å². The van der Waals surface area contributed by atoms with Gasteiger partial charge in [0.05, 0.1) is 0 Å². The van der Waals surface area contributed by atoms with Gasteiger partial charge in [-0.3, -0.25) is 0 Å². The summed E-state index contributed by atoms with van der Waals surface area (Å²) in [5.41, 5.74) is 2.48. The maximum absolute atomic E-state index is 9.77. The van der Waals surface area contributed by atoms with Gasteiger partial charge in [0.1, 0.15) is 5.75 Å². The smallest absolute Gasteiger partial charge is 0.115 e. The number of benzene rings is 1. The Balaban J connectivity index is 2.50. The molecule has 0 unspecified atom stereocenters. The topological polar surface area (TPSA) is 23.5 Å². The van der Waals surface area contributed by atoms with Gasteiger partial charge < -0.3 is 10.0 Å². The molecule has 102 valence electrons. The van der Waals surface area contributed by atoms with Crippen molar-refractivity contribution in [1.82, 2.24) is 4.90 Å². The molecular weight excluding hydrogens is 234 g/mol. The van der Waals surface area contributed by atoms with Gasteiger partial charge in [0.25, 0.3) is 0 Å². The first-order valence-electron chi connectivity index (χ1n) is 6.87. The summed E-state index contributed by atoms with van der Waals surface area (Å²) in [7, 11) is 4.18. The molecule has 1 aliphatic rings. The number of phenols is 1. The lowest BCUT2D eigenvalue weighted by atomic mass is 9.65. The molecule has 0 saturated carbocycles. The molecule has 2 heteroatoms. The van der Waals surface area contributed by atoms with Gasteiger partial charge >= 0.3 is 0 Å². The molecule has 2 nitrogen and oxygen atoms in total. The van der Waals surface area contributed by atoms with Crippen LogP contribution in [0.3, 0.4) is 0 Å². The highest BCUT2D eigenvalue weighted by Crippen LogP contribution is 2.44. The van der Waals surface area contributed by atoms with E-state index < -0.39 is 0 Å². The van der Waals surface area contributed by atoms with E-state index in [1.807, 2.05) is 12.1 Å². The maximum atomic E-state index is 9.77. The molecule has 0 amide bonds. The summed E-state index contributed by atoms with van der Waals surface area (Å²) in [6, 6.07) is 7.66. The maximum Gasteiger partial charge on any atom is 0.115 e. The largest absolute Gasteiger partial charge is 0.508 e. The summed E-state index contributed by atoms with van der Waals surface area (Å²) in [5.74, 6) is 0.728. The number of hydrogen-bond donors (Lipinski definition) is 1. The van der Waals surface area contributed by atoms with Gasteiger partial charge in [-0.25, -0.2) is 0 Å². The summed E-state index contributed by atoms with van der Waals surface area (Å²) in [5, 5.41) is 9.77. The molecule has 0 heterocycles. The van der Waals surface area contributed by atoms with E-state index in [9.17, 15) is 5.11 Å². The second-order valence-corrected chi connectivity index (χ2v) is 5.51. The predicted octanol–water partition coefficient (Wildman–Crippen LogP) is 3.69. The highest BCUT2D eigenvalue weighted by molar-refractivity contribution is 5.42. The van der Waals surface area contributed by atoms with Crippen molar-refractivity contribution < 1.29 is 5.11 Å². The average molecular weight is 257 g/mol. The first-order chi connectivity index (χ1) is 9.01. The van der Waals surface area contributed by atoms with Crippen molar-refractivity contribution in [3.05, 3.63) is 53.8 Å². The van der Waals surface area contributed by atoms with Crippen molar-refractivity contribution in [2.24, 2.45) is 5.92 Å². The molecule has 2 atom stereocenters. The molecule has 0 radical (unpaired) electrons. The molecule has 0 aliphatic heterocycles. The van der Waals surface area contributed by atoms with Crippen molar-refractivity contribution >= 4 is 0 Å². The molecule has 0 bridgehead atoms. The SMILES string of the molecule is CC[C@@]1(c2cccc(O)c2)C=CC=C(N(C)C)[C@@H]1C. The molecular formula is C17H23NO. The predicted molar refractivity (Wildman–Crippen MR) is 80.1 cm³/mol. The Morgan fingerprint density at radius 3 is 2.63 bits per heavy atom. The number of aromatic hydroxyl groups is 1.